The maximum absolute atomic E-state index is 12.1. The van der Waals surface area contributed by atoms with Crippen LogP contribution in [-0.4, -0.2) is 11.8 Å². The van der Waals surface area contributed by atoms with Gasteiger partial charge in [-0.25, -0.2) is 0 Å². The summed E-state index contributed by atoms with van der Waals surface area (Å²) >= 11 is 9.73. The molecule has 0 saturated carbocycles. The van der Waals surface area contributed by atoms with Gasteiger partial charge in [0.15, 0.2) is 0 Å². The highest BCUT2D eigenvalue weighted by Gasteiger charge is 2.11. The lowest BCUT2D eigenvalue weighted by molar-refractivity contribution is -0.115. The van der Waals surface area contributed by atoms with E-state index in [0.717, 1.165) is 2.88 Å². The maximum Gasteiger partial charge on any atom is 0.256 e. The summed E-state index contributed by atoms with van der Waals surface area (Å²) in [6.45, 7) is 1.77. The van der Waals surface area contributed by atoms with E-state index in [0.29, 0.717) is 28.4 Å². The number of halogens is 2. The van der Waals surface area contributed by atoms with Gasteiger partial charge < -0.3 is 10.6 Å². The smallest absolute Gasteiger partial charge is 0.256 e. The summed E-state index contributed by atoms with van der Waals surface area (Å²) in [6.07, 6.45) is 0.387. The van der Waals surface area contributed by atoms with Crippen molar-refractivity contribution in [2.75, 3.05) is 10.6 Å². The lowest BCUT2D eigenvalue weighted by Gasteiger charge is -2.09. The molecule has 4 nitrogen and oxygen atoms in total. The first kappa shape index (κ1) is 16.3. The van der Waals surface area contributed by atoms with Gasteiger partial charge in [0, 0.05) is 17.5 Å². The molecule has 0 aliphatic carbocycles. The van der Waals surface area contributed by atoms with Gasteiger partial charge in [0.1, 0.15) is 0 Å². The molecular weight excluding hydrogens is 423 g/mol. The Morgan fingerprint density at radius 2 is 2.05 bits per heavy atom. The monoisotopic (exact) mass is 434 g/mol. The fraction of sp³-hybridized carbons (Fsp3) is 0.143. The molecule has 2 rings (SSSR count). The third-order valence-corrected chi connectivity index (χ3v) is 4.77. The zero-order valence-corrected chi connectivity index (χ0v) is 14.8. The van der Waals surface area contributed by atoms with Crippen LogP contribution in [0.5, 0.6) is 0 Å². The van der Waals surface area contributed by atoms with Crippen LogP contribution < -0.4 is 10.6 Å². The number of hydrogen-bond acceptors (Lipinski definition) is 3. The van der Waals surface area contributed by atoms with Crippen molar-refractivity contribution < 1.29 is 9.59 Å². The van der Waals surface area contributed by atoms with Crippen LogP contribution in [0.2, 0.25) is 5.02 Å². The Labute approximate surface area is 145 Å². The van der Waals surface area contributed by atoms with Gasteiger partial charge in [-0.15, -0.1) is 11.3 Å². The molecule has 0 fully saturated rings. The molecule has 0 aliphatic heterocycles. The topological polar surface area (TPSA) is 58.2 Å². The standard InChI is InChI=1S/C14H12ClIN2O2S/c1-2-13(19)17-9-3-4-10(15)11(6-9)18-14(20)8-5-12(16)21-7-8/h3-7H,2H2,1H3,(H,17,19)(H,18,20). The first-order chi connectivity index (χ1) is 9.99. The number of rotatable bonds is 4. The minimum atomic E-state index is -0.227. The van der Waals surface area contributed by atoms with E-state index in [2.05, 4.69) is 33.2 Å². The molecule has 2 aromatic rings. The molecular formula is C14H12ClIN2O2S. The van der Waals surface area contributed by atoms with Gasteiger partial charge in [-0.3, -0.25) is 9.59 Å². The number of benzene rings is 1. The second-order valence-electron chi connectivity index (χ2n) is 4.19. The number of nitrogens with one attached hydrogen (secondary N) is 2. The van der Waals surface area contributed by atoms with Crippen molar-refractivity contribution in [3.05, 3.63) is 43.1 Å². The molecule has 0 unspecified atom stereocenters. The van der Waals surface area contributed by atoms with E-state index in [1.807, 2.05) is 0 Å². The van der Waals surface area contributed by atoms with Crippen molar-refractivity contribution in [1.29, 1.82) is 0 Å². The minimum absolute atomic E-state index is 0.0954. The third-order valence-electron chi connectivity index (χ3n) is 2.65. The highest BCUT2D eigenvalue weighted by atomic mass is 127. The van der Waals surface area contributed by atoms with Crippen molar-refractivity contribution in [3.63, 3.8) is 0 Å². The number of amides is 2. The van der Waals surface area contributed by atoms with E-state index in [1.165, 1.54) is 11.3 Å². The summed E-state index contributed by atoms with van der Waals surface area (Å²) in [7, 11) is 0. The molecule has 110 valence electrons. The van der Waals surface area contributed by atoms with Gasteiger partial charge in [-0.05, 0) is 46.9 Å². The zero-order valence-electron chi connectivity index (χ0n) is 11.1. The van der Waals surface area contributed by atoms with Crippen LogP contribution in [0.25, 0.3) is 0 Å². The average molecular weight is 435 g/mol. The van der Waals surface area contributed by atoms with Crippen LogP contribution in [0, 0.1) is 2.88 Å². The Kier molecular flexibility index (Phi) is 5.60. The quantitative estimate of drug-likeness (QED) is 0.691. The van der Waals surface area contributed by atoms with Crippen molar-refractivity contribution in [3.8, 4) is 0 Å². The predicted molar refractivity (Wildman–Crippen MR) is 95.4 cm³/mol. The van der Waals surface area contributed by atoms with Crippen LogP contribution in [0.1, 0.15) is 23.7 Å². The second-order valence-corrected chi connectivity index (χ2v) is 7.40. The predicted octanol–water partition coefficient (Wildman–Crippen LogP) is 4.61. The number of carbonyl (C=O) groups is 2. The fourth-order valence-corrected chi connectivity index (χ4v) is 3.06. The van der Waals surface area contributed by atoms with Crippen LogP contribution in [0.3, 0.4) is 0 Å². The van der Waals surface area contributed by atoms with Crippen molar-refractivity contribution in [1.82, 2.24) is 0 Å². The minimum Gasteiger partial charge on any atom is -0.326 e. The SMILES string of the molecule is CCC(=O)Nc1ccc(Cl)c(NC(=O)c2csc(I)c2)c1. The molecule has 1 aromatic heterocycles. The Morgan fingerprint density at radius 3 is 2.67 bits per heavy atom. The molecule has 0 radical (unpaired) electrons. The second kappa shape index (κ2) is 7.24. The summed E-state index contributed by atoms with van der Waals surface area (Å²) < 4.78 is 1.04. The number of thiophene rings is 1. The largest absolute Gasteiger partial charge is 0.326 e. The Hall–Kier alpha value is -1.12. The number of anilines is 2. The molecule has 0 bridgehead atoms. The van der Waals surface area contributed by atoms with E-state index in [4.69, 9.17) is 11.6 Å². The van der Waals surface area contributed by atoms with Crippen LogP contribution in [0.4, 0.5) is 11.4 Å². The van der Waals surface area contributed by atoms with E-state index in [-0.39, 0.29) is 11.8 Å². The van der Waals surface area contributed by atoms with Gasteiger partial charge in [-0.2, -0.15) is 0 Å². The molecule has 2 N–H and O–H groups in total. The molecule has 0 saturated heterocycles. The molecule has 1 heterocycles. The van der Waals surface area contributed by atoms with Gasteiger partial charge in [0.2, 0.25) is 5.91 Å². The van der Waals surface area contributed by atoms with Crippen molar-refractivity contribution >= 4 is 68.7 Å². The third kappa shape index (κ3) is 4.42. The number of hydrogen-bond donors (Lipinski definition) is 2. The summed E-state index contributed by atoms with van der Waals surface area (Å²) in [5.41, 5.74) is 1.65. The summed E-state index contributed by atoms with van der Waals surface area (Å²) in [4.78, 5) is 23.5. The van der Waals surface area contributed by atoms with Gasteiger partial charge in [0.25, 0.3) is 5.91 Å². The van der Waals surface area contributed by atoms with Crippen molar-refractivity contribution in [2.24, 2.45) is 0 Å². The highest BCUT2D eigenvalue weighted by molar-refractivity contribution is 14.1. The van der Waals surface area contributed by atoms with E-state index >= 15 is 0 Å². The molecule has 0 aliphatic rings. The first-order valence-electron chi connectivity index (χ1n) is 6.14. The first-order valence-corrected chi connectivity index (χ1v) is 8.48. The average Bonchev–Trinajstić information content (AvgIpc) is 2.89. The lowest BCUT2D eigenvalue weighted by Crippen LogP contribution is -2.13. The molecule has 0 spiro atoms. The molecule has 2 amide bonds. The van der Waals surface area contributed by atoms with Crippen LogP contribution in [0.15, 0.2) is 29.6 Å². The Balaban J connectivity index is 2.17. The maximum atomic E-state index is 12.1. The lowest BCUT2D eigenvalue weighted by atomic mass is 10.2. The Morgan fingerprint density at radius 1 is 1.29 bits per heavy atom. The zero-order chi connectivity index (χ0) is 15.4. The highest BCUT2D eigenvalue weighted by Crippen LogP contribution is 2.27. The molecule has 1 aromatic carbocycles. The van der Waals surface area contributed by atoms with E-state index in [9.17, 15) is 9.59 Å². The fourth-order valence-electron chi connectivity index (χ4n) is 1.57. The van der Waals surface area contributed by atoms with E-state index in [1.54, 1.807) is 36.6 Å². The van der Waals surface area contributed by atoms with Gasteiger partial charge in [0.05, 0.1) is 19.2 Å². The van der Waals surface area contributed by atoms with Crippen molar-refractivity contribution in [2.45, 2.75) is 13.3 Å². The van der Waals surface area contributed by atoms with Gasteiger partial charge >= 0.3 is 0 Å². The molecule has 0 atom stereocenters. The summed E-state index contributed by atoms with van der Waals surface area (Å²) in [5.74, 6) is -0.322. The van der Waals surface area contributed by atoms with Crippen LogP contribution >= 0.6 is 45.5 Å². The normalized spacial score (nSPS) is 10.2. The number of carbonyl (C=O) groups excluding carboxylic acids is 2. The van der Waals surface area contributed by atoms with E-state index < -0.39 is 0 Å². The molecule has 21 heavy (non-hydrogen) atoms. The summed E-state index contributed by atoms with van der Waals surface area (Å²) in [5, 5.41) is 7.69. The van der Waals surface area contributed by atoms with Crippen LogP contribution in [-0.2, 0) is 4.79 Å². The summed E-state index contributed by atoms with van der Waals surface area (Å²) in [6, 6.07) is 6.78. The van der Waals surface area contributed by atoms with Gasteiger partial charge in [-0.1, -0.05) is 18.5 Å². The Bertz CT molecular complexity index is 687. The molecule has 7 heteroatoms.